The van der Waals surface area contributed by atoms with Crippen molar-refractivity contribution in [3.8, 4) is 17.2 Å². The third-order valence-corrected chi connectivity index (χ3v) is 4.54. The standard InChI is InChI=1S/C18H28N2O4.ClH/c1-22-15-10-4-12(17(23-2)18(15)24-3)5-11-16(21)20-14-8-6-13(19)7-9-14;/h4,10,13-14H,5-9,11,19H2,1-3H3,(H,20,21);1H. The van der Waals surface area contributed by atoms with E-state index < -0.39 is 0 Å². The molecule has 2 rings (SSSR count). The van der Waals surface area contributed by atoms with Gasteiger partial charge in [0, 0.05) is 18.5 Å². The maximum Gasteiger partial charge on any atom is 0.220 e. The van der Waals surface area contributed by atoms with Crippen molar-refractivity contribution in [2.45, 2.75) is 50.6 Å². The number of nitrogens with one attached hydrogen (secondary N) is 1. The topological polar surface area (TPSA) is 82.8 Å². The minimum atomic E-state index is 0. The molecule has 6 nitrogen and oxygen atoms in total. The number of aryl methyl sites for hydroxylation is 1. The van der Waals surface area contributed by atoms with Crippen LogP contribution in [0.4, 0.5) is 0 Å². The van der Waals surface area contributed by atoms with E-state index in [-0.39, 0.29) is 30.4 Å². The molecule has 1 aliphatic carbocycles. The van der Waals surface area contributed by atoms with Crippen LogP contribution in [0.2, 0.25) is 0 Å². The maximum atomic E-state index is 12.2. The lowest BCUT2D eigenvalue weighted by molar-refractivity contribution is -0.122. The van der Waals surface area contributed by atoms with Crippen LogP contribution < -0.4 is 25.3 Å². The van der Waals surface area contributed by atoms with E-state index >= 15 is 0 Å². The van der Waals surface area contributed by atoms with Crippen molar-refractivity contribution >= 4 is 18.3 Å². The van der Waals surface area contributed by atoms with Gasteiger partial charge in [-0.1, -0.05) is 6.07 Å². The summed E-state index contributed by atoms with van der Waals surface area (Å²) in [6.45, 7) is 0. The number of hydrogen-bond donors (Lipinski definition) is 2. The average molecular weight is 373 g/mol. The van der Waals surface area contributed by atoms with Crippen molar-refractivity contribution in [2.24, 2.45) is 5.73 Å². The summed E-state index contributed by atoms with van der Waals surface area (Å²) in [5.41, 5.74) is 6.82. The molecule has 142 valence electrons. The molecule has 0 spiro atoms. The normalized spacial score (nSPS) is 19.5. The molecule has 1 fully saturated rings. The quantitative estimate of drug-likeness (QED) is 0.768. The molecule has 1 amide bonds. The number of ether oxygens (including phenoxy) is 3. The van der Waals surface area contributed by atoms with E-state index in [1.54, 1.807) is 21.3 Å². The predicted molar refractivity (Wildman–Crippen MR) is 100 cm³/mol. The SMILES string of the molecule is COc1ccc(CCC(=O)NC2CCC(N)CC2)c(OC)c1OC.Cl. The average Bonchev–Trinajstić information content (AvgIpc) is 2.60. The molecule has 3 N–H and O–H groups in total. The van der Waals surface area contributed by atoms with Crippen LogP contribution in [0.25, 0.3) is 0 Å². The number of hydrogen-bond acceptors (Lipinski definition) is 5. The van der Waals surface area contributed by atoms with Gasteiger partial charge in [-0.05, 0) is 43.7 Å². The molecule has 1 saturated carbocycles. The van der Waals surface area contributed by atoms with Gasteiger partial charge < -0.3 is 25.3 Å². The zero-order valence-corrected chi connectivity index (χ0v) is 16.0. The first-order valence-corrected chi connectivity index (χ1v) is 8.41. The van der Waals surface area contributed by atoms with Crippen LogP contribution in [-0.4, -0.2) is 39.3 Å². The fourth-order valence-electron chi connectivity index (χ4n) is 3.17. The zero-order chi connectivity index (χ0) is 17.5. The molecule has 0 bridgehead atoms. The second kappa shape index (κ2) is 10.4. The largest absolute Gasteiger partial charge is 0.493 e. The highest BCUT2D eigenvalue weighted by molar-refractivity contribution is 5.85. The van der Waals surface area contributed by atoms with Crippen LogP contribution in [0.3, 0.4) is 0 Å². The second-order valence-corrected chi connectivity index (χ2v) is 6.17. The zero-order valence-electron chi connectivity index (χ0n) is 15.2. The minimum Gasteiger partial charge on any atom is -0.493 e. The second-order valence-electron chi connectivity index (χ2n) is 6.17. The molecule has 1 aromatic rings. The van der Waals surface area contributed by atoms with Gasteiger partial charge in [-0.15, -0.1) is 12.4 Å². The molecule has 0 saturated heterocycles. The Morgan fingerprint density at radius 3 is 2.28 bits per heavy atom. The molecular formula is C18H29ClN2O4. The van der Waals surface area contributed by atoms with Crippen molar-refractivity contribution in [1.29, 1.82) is 0 Å². The molecule has 0 atom stereocenters. The number of nitrogens with two attached hydrogens (primary N) is 1. The van der Waals surface area contributed by atoms with E-state index in [2.05, 4.69) is 5.32 Å². The van der Waals surface area contributed by atoms with Crippen LogP contribution in [-0.2, 0) is 11.2 Å². The highest BCUT2D eigenvalue weighted by Gasteiger charge is 2.21. The highest BCUT2D eigenvalue weighted by atomic mass is 35.5. The van der Waals surface area contributed by atoms with Crippen LogP contribution in [0.5, 0.6) is 17.2 Å². The first-order chi connectivity index (χ1) is 11.6. The van der Waals surface area contributed by atoms with Gasteiger partial charge in [0.15, 0.2) is 11.5 Å². The molecule has 0 heterocycles. The molecule has 0 aliphatic heterocycles. The van der Waals surface area contributed by atoms with Crippen molar-refractivity contribution in [3.63, 3.8) is 0 Å². The molecule has 0 unspecified atom stereocenters. The summed E-state index contributed by atoms with van der Waals surface area (Å²) < 4.78 is 16.1. The Bertz CT molecular complexity index is 560. The van der Waals surface area contributed by atoms with E-state index in [0.717, 1.165) is 31.2 Å². The van der Waals surface area contributed by atoms with E-state index in [9.17, 15) is 4.79 Å². The Labute approximate surface area is 155 Å². The van der Waals surface area contributed by atoms with Gasteiger partial charge >= 0.3 is 0 Å². The Kier molecular flexibility index (Phi) is 8.86. The molecule has 1 aromatic carbocycles. The van der Waals surface area contributed by atoms with Crippen molar-refractivity contribution in [1.82, 2.24) is 5.32 Å². The molecular weight excluding hydrogens is 344 g/mol. The third-order valence-electron chi connectivity index (χ3n) is 4.54. The molecule has 0 aromatic heterocycles. The van der Waals surface area contributed by atoms with Crippen LogP contribution >= 0.6 is 12.4 Å². The lowest BCUT2D eigenvalue weighted by Gasteiger charge is -2.26. The Balaban J connectivity index is 0.00000312. The maximum absolute atomic E-state index is 12.2. The summed E-state index contributed by atoms with van der Waals surface area (Å²) in [6, 6.07) is 4.28. The summed E-state index contributed by atoms with van der Waals surface area (Å²) in [5.74, 6) is 1.85. The summed E-state index contributed by atoms with van der Waals surface area (Å²) >= 11 is 0. The fraction of sp³-hybridized carbons (Fsp3) is 0.611. The number of halogens is 1. The Morgan fingerprint density at radius 2 is 1.72 bits per heavy atom. The van der Waals surface area contributed by atoms with E-state index in [4.69, 9.17) is 19.9 Å². The number of benzene rings is 1. The third kappa shape index (κ3) is 5.68. The summed E-state index contributed by atoms with van der Waals surface area (Å²) in [4.78, 5) is 12.2. The Morgan fingerprint density at radius 1 is 1.08 bits per heavy atom. The fourth-order valence-corrected chi connectivity index (χ4v) is 3.17. The van der Waals surface area contributed by atoms with Gasteiger partial charge in [0.05, 0.1) is 21.3 Å². The van der Waals surface area contributed by atoms with Crippen molar-refractivity contribution < 1.29 is 19.0 Å². The monoisotopic (exact) mass is 372 g/mol. The minimum absolute atomic E-state index is 0. The summed E-state index contributed by atoms with van der Waals surface area (Å²) in [5, 5.41) is 3.11. The number of carbonyl (C=O) groups excluding carboxylic acids is 1. The molecule has 25 heavy (non-hydrogen) atoms. The predicted octanol–water partition coefficient (Wildman–Crippen LogP) is 2.45. The molecule has 7 heteroatoms. The molecule has 1 aliphatic rings. The number of methoxy groups -OCH3 is 3. The van der Waals surface area contributed by atoms with Gasteiger partial charge in [0.2, 0.25) is 11.7 Å². The van der Waals surface area contributed by atoms with E-state index in [1.165, 1.54) is 0 Å². The lowest BCUT2D eigenvalue weighted by atomic mass is 9.91. The van der Waals surface area contributed by atoms with Gasteiger partial charge in [-0.25, -0.2) is 0 Å². The number of amides is 1. The lowest BCUT2D eigenvalue weighted by Crippen LogP contribution is -2.40. The number of carbonyl (C=O) groups is 1. The van der Waals surface area contributed by atoms with Crippen LogP contribution in [0.15, 0.2) is 12.1 Å². The Hall–Kier alpha value is -1.66. The summed E-state index contributed by atoms with van der Waals surface area (Å²) in [6.07, 6.45) is 4.89. The first kappa shape index (κ1) is 21.4. The van der Waals surface area contributed by atoms with E-state index in [0.29, 0.717) is 30.1 Å². The summed E-state index contributed by atoms with van der Waals surface area (Å²) in [7, 11) is 4.75. The van der Waals surface area contributed by atoms with Crippen LogP contribution in [0.1, 0.15) is 37.7 Å². The van der Waals surface area contributed by atoms with Crippen LogP contribution in [0, 0.1) is 0 Å². The first-order valence-electron chi connectivity index (χ1n) is 8.41. The van der Waals surface area contributed by atoms with Gasteiger partial charge in [0.1, 0.15) is 0 Å². The van der Waals surface area contributed by atoms with Gasteiger partial charge in [-0.3, -0.25) is 4.79 Å². The smallest absolute Gasteiger partial charge is 0.220 e. The highest BCUT2D eigenvalue weighted by Crippen LogP contribution is 2.40. The molecule has 0 radical (unpaired) electrons. The van der Waals surface area contributed by atoms with Gasteiger partial charge in [-0.2, -0.15) is 0 Å². The van der Waals surface area contributed by atoms with Gasteiger partial charge in [0.25, 0.3) is 0 Å². The van der Waals surface area contributed by atoms with E-state index in [1.807, 2.05) is 12.1 Å². The van der Waals surface area contributed by atoms with Crippen molar-refractivity contribution in [3.05, 3.63) is 17.7 Å². The number of rotatable bonds is 7. The van der Waals surface area contributed by atoms with Crippen molar-refractivity contribution in [2.75, 3.05) is 21.3 Å².